The largest absolute Gasteiger partial charge is 0.478 e. The maximum Gasteiger partial charge on any atom is 0.328 e. The lowest BCUT2D eigenvalue weighted by atomic mass is 10.4. The number of hydrogen-bond donors (Lipinski definition) is 1. The molecule has 0 amide bonds. The van der Waals surface area contributed by atoms with Crippen molar-refractivity contribution in [3.8, 4) is 0 Å². The molecule has 0 atom stereocenters. The monoisotopic (exact) mass is 152 g/mol. The molecule has 5 heteroatoms. The summed E-state index contributed by atoms with van der Waals surface area (Å²) in [5.41, 5.74) is 0. The number of allylic oxidation sites excluding steroid dienone is 2. The minimum absolute atomic E-state index is 0.178. The third-order valence-electron chi connectivity index (χ3n) is 0.553. The highest BCUT2D eigenvalue weighted by Gasteiger charge is 1.99. The third kappa shape index (κ3) is 3.71. The summed E-state index contributed by atoms with van der Waals surface area (Å²) in [7, 11) is 0. The highest BCUT2D eigenvalue weighted by Crippen LogP contribution is 2.09. The molecule has 0 aliphatic heterocycles. The Hall–Kier alpha value is -1.26. The van der Waals surface area contributed by atoms with Gasteiger partial charge in [0.2, 0.25) is 0 Å². The van der Waals surface area contributed by atoms with Gasteiger partial charge in [-0.1, -0.05) is 0 Å². The van der Waals surface area contributed by atoms with E-state index in [1.165, 1.54) is 0 Å². The summed E-state index contributed by atoms with van der Waals surface area (Å²) >= 11 is 0. The summed E-state index contributed by atoms with van der Waals surface area (Å²) in [4.78, 5) is 9.61. The first-order valence-corrected chi connectivity index (χ1v) is 2.16. The van der Waals surface area contributed by atoms with Gasteiger partial charge in [0.15, 0.2) is 5.83 Å². The lowest BCUT2D eigenvalue weighted by Gasteiger charge is -1.81. The van der Waals surface area contributed by atoms with Crippen LogP contribution in [0.15, 0.2) is 24.1 Å². The molecule has 0 aromatic heterocycles. The second-order valence-electron chi connectivity index (χ2n) is 1.28. The van der Waals surface area contributed by atoms with E-state index < -0.39 is 17.9 Å². The van der Waals surface area contributed by atoms with Crippen LogP contribution in [-0.4, -0.2) is 11.1 Å². The van der Waals surface area contributed by atoms with E-state index in [1.54, 1.807) is 0 Å². The van der Waals surface area contributed by atoms with Gasteiger partial charge in [0.05, 0.1) is 0 Å². The van der Waals surface area contributed by atoms with Gasteiger partial charge in [-0.15, -0.1) is 0 Å². The van der Waals surface area contributed by atoms with Crippen molar-refractivity contribution in [1.82, 2.24) is 0 Å². The molecule has 0 aromatic carbocycles. The minimum Gasteiger partial charge on any atom is -0.478 e. The first-order chi connectivity index (χ1) is 4.54. The van der Waals surface area contributed by atoms with Crippen molar-refractivity contribution < 1.29 is 23.1 Å². The molecule has 0 aliphatic rings. The van der Waals surface area contributed by atoms with Crippen molar-refractivity contribution in [2.75, 3.05) is 0 Å². The molecule has 2 nitrogen and oxygen atoms in total. The fraction of sp³-hybridized carbons (Fsp3) is 0. The van der Waals surface area contributed by atoms with Crippen LogP contribution >= 0.6 is 0 Å². The number of aliphatic carboxylic acids is 1. The Labute approximate surface area is 54.3 Å². The Bertz CT molecular complexity index is 191. The SMILES string of the molecule is O=C(O)/C=C/C(F)=C(F)F. The smallest absolute Gasteiger partial charge is 0.328 e. The Morgan fingerprint density at radius 3 is 2.00 bits per heavy atom. The Morgan fingerprint density at radius 1 is 1.20 bits per heavy atom. The van der Waals surface area contributed by atoms with E-state index in [9.17, 15) is 18.0 Å². The van der Waals surface area contributed by atoms with Crippen molar-refractivity contribution in [2.24, 2.45) is 0 Å². The molecule has 0 bridgehead atoms. The van der Waals surface area contributed by atoms with Gasteiger partial charge < -0.3 is 5.11 Å². The number of halogens is 3. The van der Waals surface area contributed by atoms with E-state index in [0.717, 1.165) is 0 Å². The quantitative estimate of drug-likeness (QED) is 0.483. The summed E-state index contributed by atoms with van der Waals surface area (Å²) < 4.78 is 33.9. The van der Waals surface area contributed by atoms with Crippen LogP contribution < -0.4 is 0 Å². The third-order valence-corrected chi connectivity index (χ3v) is 0.553. The molecule has 0 aromatic rings. The van der Waals surface area contributed by atoms with Gasteiger partial charge in [-0.05, 0) is 6.08 Å². The average Bonchev–Trinajstić information content (AvgIpc) is 1.82. The van der Waals surface area contributed by atoms with Gasteiger partial charge >= 0.3 is 12.0 Å². The molecule has 56 valence electrons. The predicted octanol–water partition coefficient (Wildman–Crippen LogP) is 1.70. The number of carboxylic acids is 1. The van der Waals surface area contributed by atoms with Crippen LogP contribution in [0.1, 0.15) is 0 Å². The first-order valence-electron chi connectivity index (χ1n) is 2.16. The van der Waals surface area contributed by atoms with E-state index in [-0.39, 0.29) is 12.2 Å². The van der Waals surface area contributed by atoms with Crippen molar-refractivity contribution in [3.05, 3.63) is 24.1 Å². The number of carbonyl (C=O) groups is 1. The van der Waals surface area contributed by atoms with Gasteiger partial charge in [0.1, 0.15) is 0 Å². The van der Waals surface area contributed by atoms with Crippen LogP contribution in [0.2, 0.25) is 0 Å². The van der Waals surface area contributed by atoms with Gasteiger partial charge in [0.25, 0.3) is 0 Å². The molecule has 10 heavy (non-hydrogen) atoms. The maximum absolute atomic E-state index is 11.7. The van der Waals surface area contributed by atoms with Crippen LogP contribution in [0.5, 0.6) is 0 Å². The number of carboxylic acid groups (broad SMARTS) is 1. The van der Waals surface area contributed by atoms with Crippen LogP contribution in [0.25, 0.3) is 0 Å². The maximum atomic E-state index is 11.7. The molecule has 0 rings (SSSR count). The summed E-state index contributed by atoms with van der Waals surface area (Å²) in [5, 5.41) is 7.82. The van der Waals surface area contributed by atoms with E-state index in [1.807, 2.05) is 0 Å². The molecule has 0 heterocycles. The summed E-state index contributed by atoms with van der Waals surface area (Å²) in [6.07, 6.45) is -2.07. The zero-order chi connectivity index (χ0) is 8.15. The summed E-state index contributed by atoms with van der Waals surface area (Å²) in [5.74, 6) is -3.31. The fourth-order valence-corrected chi connectivity index (χ4v) is 0.207. The molecule has 0 aliphatic carbocycles. The van der Waals surface area contributed by atoms with Gasteiger partial charge in [-0.25, -0.2) is 9.18 Å². The van der Waals surface area contributed by atoms with E-state index in [0.29, 0.717) is 0 Å². The second-order valence-corrected chi connectivity index (χ2v) is 1.28. The van der Waals surface area contributed by atoms with Crippen molar-refractivity contribution >= 4 is 5.97 Å². The Morgan fingerprint density at radius 2 is 1.70 bits per heavy atom. The van der Waals surface area contributed by atoms with Gasteiger partial charge in [-0.3, -0.25) is 0 Å². The number of hydrogen-bond acceptors (Lipinski definition) is 1. The summed E-state index contributed by atoms with van der Waals surface area (Å²) in [6, 6.07) is 0. The lowest BCUT2D eigenvalue weighted by molar-refractivity contribution is -0.131. The van der Waals surface area contributed by atoms with Crippen LogP contribution in [0, 0.1) is 0 Å². The minimum atomic E-state index is -2.53. The zero-order valence-corrected chi connectivity index (χ0v) is 4.64. The molecule has 0 unspecified atom stereocenters. The van der Waals surface area contributed by atoms with Crippen molar-refractivity contribution in [1.29, 1.82) is 0 Å². The molecule has 0 saturated carbocycles. The van der Waals surface area contributed by atoms with E-state index in [2.05, 4.69) is 0 Å². The predicted molar refractivity (Wildman–Crippen MR) is 27.1 cm³/mol. The molecule has 0 saturated heterocycles. The highest BCUT2D eigenvalue weighted by atomic mass is 19.3. The molecule has 0 spiro atoms. The lowest BCUT2D eigenvalue weighted by Crippen LogP contribution is -1.85. The topological polar surface area (TPSA) is 37.3 Å². The Kier molecular flexibility index (Phi) is 3.24. The Balaban J connectivity index is 4.16. The zero-order valence-electron chi connectivity index (χ0n) is 4.64. The molecular weight excluding hydrogens is 149 g/mol. The number of rotatable bonds is 2. The van der Waals surface area contributed by atoms with E-state index in [4.69, 9.17) is 5.11 Å². The highest BCUT2D eigenvalue weighted by molar-refractivity contribution is 5.80. The standard InChI is InChI=1S/C5H3F3O2/c6-3(5(7)8)1-2-4(9)10/h1-2H,(H,9,10)/b2-1+. The van der Waals surface area contributed by atoms with Gasteiger partial charge in [0, 0.05) is 6.08 Å². The van der Waals surface area contributed by atoms with Crippen molar-refractivity contribution in [3.63, 3.8) is 0 Å². The first kappa shape index (κ1) is 8.74. The molecule has 1 N–H and O–H groups in total. The molecular formula is C5H3F3O2. The van der Waals surface area contributed by atoms with Crippen LogP contribution in [-0.2, 0) is 4.79 Å². The van der Waals surface area contributed by atoms with Crippen molar-refractivity contribution in [2.45, 2.75) is 0 Å². The fourth-order valence-electron chi connectivity index (χ4n) is 0.207. The molecule has 0 fully saturated rings. The average molecular weight is 152 g/mol. The van der Waals surface area contributed by atoms with E-state index >= 15 is 0 Å². The second kappa shape index (κ2) is 3.71. The van der Waals surface area contributed by atoms with Crippen LogP contribution in [0.4, 0.5) is 13.2 Å². The van der Waals surface area contributed by atoms with Crippen LogP contribution in [0.3, 0.4) is 0 Å². The normalized spacial score (nSPS) is 9.90. The molecule has 0 radical (unpaired) electrons. The van der Waals surface area contributed by atoms with Gasteiger partial charge in [-0.2, -0.15) is 8.78 Å². The summed E-state index contributed by atoms with van der Waals surface area (Å²) in [6.45, 7) is 0.